The van der Waals surface area contributed by atoms with Crippen molar-refractivity contribution in [2.45, 2.75) is 41.5 Å². The molecule has 0 unspecified atom stereocenters. The molecule has 20 heteroatoms. The zero-order valence-electron chi connectivity index (χ0n) is 19.0. The van der Waals surface area contributed by atoms with Crippen LogP contribution in [-0.4, -0.2) is 59.8 Å². The molecule has 210 valence electrons. The molecule has 3 rings (SSSR count). The number of aliphatic hydroxyl groups excluding tert-OH is 1. The van der Waals surface area contributed by atoms with E-state index in [4.69, 9.17) is 10.8 Å². The van der Waals surface area contributed by atoms with Crippen LogP contribution in [0.4, 0.5) is 40.8 Å². The van der Waals surface area contributed by atoms with E-state index in [9.17, 15) is 50.0 Å². The van der Waals surface area contributed by atoms with Crippen LogP contribution < -0.4 is 5.73 Å². The summed E-state index contributed by atoms with van der Waals surface area (Å²) in [6, 6.07) is 0.246. The molecule has 0 aliphatic heterocycles. The van der Waals surface area contributed by atoms with E-state index in [1.54, 1.807) is 0 Å². The summed E-state index contributed by atoms with van der Waals surface area (Å²) in [5.74, 6) is -15.7. The predicted octanol–water partition coefficient (Wildman–Crippen LogP) is 3.62. The Morgan fingerprint density at radius 3 is 2.36 bits per heavy atom. The molecular formula is C19H13F8N7O4S. The van der Waals surface area contributed by atoms with Gasteiger partial charge in [-0.2, -0.15) is 30.7 Å². The van der Waals surface area contributed by atoms with E-state index in [1.807, 2.05) is 0 Å². The van der Waals surface area contributed by atoms with Gasteiger partial charge < -0.3 is 10.8 Å². The van der Waals surface area contributed by atoms with Crippen molar-refractivity contribution in [2.75, 3.05) is 6.61 Å². The molecule has 0 aliphatic rings. The van der Waals surface area contributed by atoms with Crippen LogP contribution in [0.25, 0.3) is 11.3 Å². The Balaban J connectivity index is 2.26. The third-order valence-corrected chi connectivity index (χ3v) is 6.36. The second-order valence-electron chi connectivity index (χ2n) is 7.60. The van der Waals surface area contributed by atoms with E-state index in [1.165, 1.54) is 0 Å². The molecule has 0 saturated heterocycles. The summed E-state index contributed by atoms with van der Waals surface area (Å²) in [5.41, 5.74) is -0.443. The monoisotopic (exact) mass is 587 g/mol. The molecule has 0 spiro atoms. The number of hydrogen-bond acceptors (Lipinski definition) is 9. The standard InChI is InChI=1S/C19H13F8N7O4S/c1-7-12(13-10(20)4-8(6-29-13)17(21,22)18(23,24)19(25,26)27)11(34(37)38)5-9(15(28)36)14(7)39-16-30-31-32-33(16)2-3-35/h4-6,35H,2-3H2,1H3,(H2,28,36). The minimum atomic E-state index is -6.71. The van der Waals surface area contributed by atoms with Crippen LogP contribution in [-0.2, 0) is 12.5 Å². The highest BCUT2D eigenvalue weighted by atomic mass is 32.2. The largest absolute Gasteiger partial charge is 0.460 e. The number of nitro benzene ring substituents is 1. The van der Waals surface area contributed by atoms with Crippen molar-refractivity contribution in [1.82, 2.24) is 25.2 Å². The summed E-state index contributed by atoms with van der Waals surface area (Å²) in [5, 5.41) is 31.4. The van der Waals surface area contributed by atoms with Gasteiger partial charge in [0.05, 0.1) is 29.2 Å². The van der Waals surface area contributed by atoms with Gasteiger partial charge in [-0.3, -0.25) is 19.9 Å². The average molecular weight is 587 g/mol. The molecule has 11 nitrogen and oxygen atoms in total. The number of hydrogen-bond donors (Lipinski definition) is 2. The smallest absolute Gasteiger partial charge is 0.394 e. The van der Waals surface area contributed by atoms with Gasteiger partial charge in [-0.15, -0.1) is 5.10 Å². The lowest BCUT2D eigenvalue weighted by Crippen LogP contribution is -2.50. The first-order valence-electron chi connectivity index (χ1n) is 10.1. The highest BCUT2D eigenvalue weighted by Gasteiger charge is 2.73. The maximum absolute atomic E-state index is 15.0. The number of carbonyl (C=O) groups excluding carboxylic acids is 1. The van der Waals surface area contributed by atoms with E-state index in [-0.39, 0.29) is 34.4 Å². The molecular weight excluding hydrogens is 574 g/mol. The number of alkyl halides is 7. The summed E-state index contributed by atoms with van der Waals surface area (Å²) in [7, 11) is 0. The molecule has 1 aromatic carbocycles. The number of amides is 1. The van der Waals surface area contributed by atoms with Crippen LogP contribution in [0, 0.1) is 22.9 Å². The normalized spacial score (nSPS) is 12.6. The highest BCUT2D eigenvalue weighted by Crippen LogP contribution is 2.52. The lowest BCUT2D eigenvalue weighted by atomic mass is 9.97. The van der Waals surface area contributed by atoms with E-state index in [0.717, 1.165) is 11.6 Å². The van der Waals surface area contributed by atoms with Gasteiger partial charge in [-0.25, -0.2) is 9.07 Å². The van der Waals surface area contributed by atoms with Crippen LogP contribution in [0.15, 0.2) is 28.4 Å². The van der Waals surface area contributed by atoms with Crippen molar-refractivity contribution in [3.8, 4) is 11.3 Å². The molecule has 39 heavy (non-hydrogen) atoms. The zero-order valence-corrected chi connectivity index (χ0v) is 19.8. The third kappa shape index (κ3) is 5.20. The summed E-state index contributed by atoms with van der Waals surface area (Å²) in [6.45, 7) is 0.554. The van der Waals surface area contributed by atoms with E-state index >= 15 is 0 Å². The fraction of sp³-hybridized carbons (Fsp3) is 0.316. The molecule has 0 bridgehead atoms. The van der Waals surface area contributed by atoms with Crippen molar-refractivity contribution >= 4 is 23.4 Å². The van der Waals surface area contributed by atoms with Gasteiger partial charge in [0, 0.05) is 22.7 Å². The second-order valence-corrected chi connectivity index (χ2v) is 8.58. The summed E-state index contributed by atoms with van der Waals surface area (Å²) < 4.78 is 109. The number of rotatable bonds is 9. The summed E-state index contributed by atoms with van der Waals surface area (Å²) in [4.78, 5) is 25.7. The molecule has 0 fully saturated rings. The summed E-state index contributed by atoms with van der Waals surface area (Å²) >= 11 is 0.589. The second kappa shape index (κ2) is 10.3. The molecule has 1 amide bonds. The van der Waals surface area contributed by atoms with Crippen LogP contribution in [0.1, 0.15) is 21.5 Å². The number of tetrazole rings is 1. The average Bonchev–Trinajstić information content (AvgIpc) is 3.26. The number of halogens is 8. The minimum Gasteiger partial charge on any atom is -0.394 e. The topological polar surface area (TPSA) is 163 Å². The van der Waals surface area contributed by atoms with Crippen LogP contribution in [0.5, 0.6) is 0 Å². The lowest BCUT2D eigenvalue weighted by Gasteiger charge is -2.28. The molecule has 3 N–H and O–H groups in total. The van der Waals surface area contributed by atoms with Crippen LogP contribution in [0.3, 0.4) is 0 Å². The SMILES string of the molecule is Cc1c(Sc2nnnn2CCO)c(C(N)=O)cc([N+](=O)[O-])c1-c1ncc(C(F)(F)C(F)(F)C(F)(F)F)cc1F. The van der Waals surface area contributed by atoms with Crippen molar-refractivity contribution in [2.24, 2.45) is 5.73 Å². The molecule has 0 saturated carbocycles. The number of pyridine rings is 1. The molecule has 2 aromatic heterocycles. The fourth-order valence-corrected chi connectivity index (χ4v) is 4.31. The Bertz CT molecular complexity index is 1450. The first-order chi connectivity index (χ1) is 18.0. The number of nitrogens with zero attached hydrogens (tertiary/aromatic N) is 6. The van der Waals surface area contributed by atoms with Crippen LogP contribution >= 0.6 is 11.8 Å². The van der Waals surface area contributed by atoms with Gasteiger partial charge in [-0.1, -0.05) is 0 Å². The van der Waals surface area contributed by atoms with Gasteiger partial charge in [-0.05, 0) is 40.7 Å². The number of aliphatic hydroxyl groups is 1. The Kier molecular flexibility index (Phi) is 7.84. The maximum Gasteiger partial charge on any atom is 0.460 e. The third-order valence-electron chi connectivity index (χ3n) is 5.15. The summed E-state index contributed by atoms with van der Waals surface area (Å²) in [6.07, 6.45) is -6.89. The zero-order chi connectivity index (χ0) is 29.5. The number of nitrogens with two attached hydrogens (primary N) is 1. The molecule has 0 atom stereocenters. The van der Waals surface area contributed by atoms with Crippen molar-refractivity contribution in [3.63, 3.8) is 0 Å². The molecule has 2 heterocycles. The number of aromatic nitrogens is 5. The molecule has 3 aromatic rings. The minimum absolute atomic E-state index is 0.0766. The number of carbonyl (C=O) groups is 1. The Labute approximate surface area is 215 Å². The van der Waals surface area contributed by atoms with Gasteiger partial charge in [0.1, 0.15) is 11.5 Å². The van der Waals surface area contributed by atoms with E-state index in [2.05, 4.69) is 20.5 Å². The Morgan fingerprint density at radius 1 is 1.21 bits per heavy atom. The number of benzene rings is 1. The maximum atomic E-state index is 15.0. The first-order valence-corrected chi connectivity index (χ1v) is 10.9. The van der Waals surface area contributed by atoms with Crippen molar-refractivity contribution in [1.29, 1.82) is 0 Å². The predicted molar refractivity (Wildman–Crippen MR) is 113 cm³/mol. The van der Waals surface area contributed by atoms with Crippen molar-refractivity contribution < 1.29 is 49.9 Å². The van der Waals surface area contributed by atoms with Crippen LogP contribution in [0.2, 0.25) is 0 Å². The van der Waals surface area contributed by atoms with E-state index in [0.29, 0.717) is 17.8 Å². The lowest BCUT2D eigenvalue weighted by molar-refractivity contribution is -0.384. The van der Waals surface area contributed by atoms with Gasteiger partial charge >= 0.3 is 18.0 Å². The first kappa shape index (κ1) is 29.6. The number of nitro groups is 1. The Morgan fingerprint density at radius 2 is 1.85 bits per heavy atom. The molecule has 0 aliphatic carbocycles. The van der Waals surface area contributed by atoms with Gasteiger partial charge in [0.15, 0.2) is 0 Å². The van der Waals surface area contributed by atoms with E-state index < -0.39 is 69.3 Å². The van der Waals surface area contributed by atoms with Gasteiger partial charge in [0.2, 0.25) is 11.1 Å². The van der Waals surface area contributed by atoms with Crippen molar-refractivity contribution in [3.05, 3.63) is 51.0 Å². The number of primary amides is 1. The molecule has 0 radical (unpaired) electrons. The quantitative estimate of drug-likeness (QED) is 0.216. The fourth-order valence-electron chi connectivity index (χ4n) is 3.29. The highest BCUT2D eigenvalue weighted by molar-refractivity contribution is 7.99. The van der Waals surface area contributed by atoms with Gasteiger partial charge in [0.25, 0.3) is 5.69 Å². The Hall–Kier alpha value is -3.94.